The summed E-state index contributed by atoms with van der Waals surface area (Å²) in [7, 11) is 7.11. The summed E-state index contributed by atoms with van der Waals surface area (Å²) in [6, 6.07) is 56.1. The van der Waals surface area contributed by atoms with E-state index in [2.05, 4.69) is 266 Å². The van der Waals surface area contributed by atoms with Crippen molar-refractivity contribution in [3.63, 3.8) is 0 Å². The molecule has 0 atom stereocenters. The van der Waals surface area contributed by atoms with Crippen molar-refractivity contribution in [3.05, 3.63) is 210 Å². The Labute approximate surface area is 594 Å². The Morgan fingerprint density at radius 3 is 1.32 bits per heavy atom. The maximum atomic E-state index is 9.75. The summed E-state index contributed by atoms with van der Waals surface area (Å²) in [5.41, 5.74) is 14.2. The molecule has 0 radical (unpaired) electrons. The third-order valence-corrected chi connectivity index (χ3v) is 17.4. The highest BCUT2D eigenvalue weighted by Gasteiger charge is 2.23. The zero-order valence-corrected chi connectivity index (χ0v) is 61.2. The zero-order valence-electron chi connectivity index (χ0n) is 58.7. The fourth-order valence-electron chi connectivity index (χ4n) is 9.45. The second-order valence-corrected chi connectivity index (χ2v) is 27.3. The number of ether oxygens (including phenoxy) is 1. The van der Waals surface area contributed by atoms with Crippen molar-refractivity contribution in [3.8, 4) is 28.3 Å². The van der Waals surface area contributed by atoms with Crippen LogP contribution >= 0.6 is 34.0 Å². The third kappa shape index (κ3) is 28.6. The van der Waals surface area contributed by atoms with Gasteiger partial charge in [0.05, 0.1) is 112 Å². The molecule has 4 aromatic heterocycles. The summed E-state index contributed by atoms with van der Waals surface area (Å²) >= 11 is 4.68. The van der Waals surface area contributed by atoms with E-state index in [0.29, 0.717) is 5.13 Å². The average Bonchev–Trinajstić information content (AvgIpc) is 1.32. The van der Waals surface area contributed by atoms with Gasteiger partial charge in [-0.05, 0) is 163 Å². The number of hydrogen-bond acceptors (Lipinski definition) is 14. The monoisotopic (exact) mass is 1440 g/mol. The van der Waals surface area contributed by atoms with Gasteiger partial charge in [-0.15, -0.1) is 21.6 Å². The van der Waals surface area contributed by atoms with Gasteiger partial charge in [-0.25, -0.2) is 18.7 Å². The smallest absolute Gasteiger partial charge is 0.497 e. The number of quaternary nitrogens is 2. The Morgan fingerprint density at radius 2 is 0.930 bits per heavy atom. The van der Waals surface area contributed by atoms with E-state index in [1.54, 1.807) is 36.0 Å². The summed E-state index contributed by atoms with van der Waals surface area (Å²) in [6.07, 6.45) is 5.97. The van der Waals surface area contributed by atoms with Crippen LogP contribution in [0.15, 0.2) is 229 Å². The first kappa shape index (κ1) is 79.8. The van der Waals surface area contributed by atoms with Crippen LogP contribution in [0, 0.1) is 13.8 Å². The first-order valence-electron chi connectivity index (χ1n) is 32.1. The number of pyridine rings is 1. The highest BCUT2D eigenvalue weighted by Crippen LogP contribution is 2.33. The Balaban J connectivity index is 0.000000221. The molecule has 0 N–H and O–H groups in total. The minimum atomic E-state index is -6.00. The molecule has 100 heavy (non-hydrogen) atoms. The molecule has 0 unspecified atom stereocenters. The van der Waals surface area contributed by atoms with Crippen molar-refractivity contribution < 1.29 is 61.9 Å². The minimum Gasteiger partial charge on any atom is -0.497 e. The molecule has 0 spiro atoms. The molecule has 10 aromatic rings. The lowest BCUT2D eigenvalue weighted by Gasteiger charge is -2.29. The summed E-state index contributed by atoms with van der Waals surface area (Å²) in [6.45, 7) is 16.5. The van der Waals surface area contributed by atoms with Crippen LogP contribution in [0.4, 0.5) is 89.7 Å². The third-order valence-electron chi connectivity index (χ3n) is 14.9. The molecule has 530 valence electrons. The van der Waals surface area contributed by atoms with Gasteiger partial charge in [0.1, 0.15) is 28.5 Å². The molecule has 0 aliphatic rings. The van der Waals surface area contributed by atoms with E-state index in [-0.39, 0.29) is 0 Å². The number of benzene rings is 6. The summed E-state index contributed by atoms with van der Waals surface area (Å²) in [4.78, 5) is 11.3. The van der Waals surface area contributed by atoms with E-state index in [4.69, 9.17) is 4.74 Å². The number of thiazole rings is 3. The molecule has 6 aromatic carbocycles. The van der Waals surface area contributed by atoms with Gasteiger partial charge in [-0.3, -0.25) is 0 Å². The number of anilines is 4. The fourth-order valence-corrected chi connectivity index (χ4v) is 11.6. The van der Waals surface area contributed by atoms with E-state index >= 15 is 0 Å². The Kier molecular flexibility index (Phi) is 30.7. The number of likely N-dealkylation sites (N-methyl/N-ethyl adjacent to an activating group) is 4. The molecule has 4 heterocycles. The van der Waals surface area contributed by atoms with Crippen molar-refractivity contribution in [1.29, 1.82) is 0 Å². The maximum Gasteiger partial charge on any atom is 0.673 e. The minimum absolute atomic E-state index is 0.656. The number of aryl methyl sites for hydroxylation is 2. The number of halogens is 8. The van der Waals surface area contributed by atoms with Crippen molar-refractivity contribution >= 4 is 104 Å². The van der Waals surface area contributed by atoms with Crippen LogP contribution in [0.5, 0.6) is 5.75 Å². The summed E-state index contributed by atoms with van der Waals surface area (Å²) in [5.74, 6) is 0.843. The van der Waals surface area contributed by atoms with Crippen LogP contribution in [0.25, 0.3) is 22.5 Å². The topological polar surface area (TPSA) is 118 Å². The van der Waals surface area contributed by atoms with Gasteiger partial charge < -0.3 is 62.9 Å². The average molecular weight is 1440 g/mol. The van der Waals surface area contributed by atoms with Crippen LogP contribution in [0.3, 0.4) is 0 Å². The molecule has 0 bridgehead atoms. The SMILES string of the molecule is CCN(CC[N+](C)(C)C)c1ccc(N=Nc2scc(-c3ccccc3)[n+]2C)cc1.CCN(CC[N+](C)(C)C)c1ccc(N=Nc2scc(-c3ccccc3)[n+]2C)cc1.COc1ccc(N(CC[n+]2ccc(C)cc2)c2ccc(N=Nc3nccs3)c(C)c2)cc1.F[B-](F)(F)F.F[B-](F)(F)F. The Morgan fingerprint density at radius 1 is 0.500 bits per heavy atom. The molecule has 0 aliphatic carbocycles. The summed E-state index contributed by atoms with van der Waals surface area (Å²) in [5, 5.41) is 35.0. The number of aromatic nitrogens is 4. The van der Waals surface area contributed by atoms with Crippen molar-refractivity contribution in [2.75, 3.05) is 110 Å². The van der Waals surface area contributed by atoms with Gasteiger partial charge >= 0.3 is 24.8 Å². The first-order chi connectivity index (χ1) is 47.4. The largest absolute Gasteiger partial charge is 0.673 e. The number of rotatable bonds is 24. The van der Waals surface area contributed by atoms with E-state index < -0.39 is 14.5 Å². The molecule has 0 saturated carbocycles. The number of hydrogen-bond donors (Lipinski definition) is 0. The second kappa shape index (κ2) is 38.4. The Hall–Kier alpha value is -9.15. The molecule has 0 amide bonds. The fraction of sp³-hybridized carbons (Fsp3) is 0.296. The van der Waals surface area contributed by atoms with Gasteiger partial charge in [0, 0.05) is 81.4 Å². The highest BCUT2D eigenvalue weighted by molar-refractivity contribution is 7.13. The molecule has 29 heteroatoms. The number of methoxy groups -OCH3 is 1. The Bertz CT molecular complexity index is 3940. The molecular formula is C71H88B2F8N15OS3+3. The van der Waals surface area contributed by atoms with Crippen molar-refractivity contribution in [2.45, 2.75) is 34.2 Å². The zero-order chi connectivity index (χ0) is 73.0. The lowest BCUT2D eigenvalue weighted by molar-refractivity contribution is -0.868. The van der Waals surface area contributed by atoms with Crippen LogP contribution in [0.1, 0.15) is 25.0 Å². The van der Waals surface area contributed by atoms with Crippen LogP contribution in [-0.2, 0) is 20.6 Å². The van der Waals surface area contributed by atoms with Crippen LogP contribution in [0.2, 0.25) is 0 Å². The highest BCUT2D eigenvalue weighted by atomic mass is 32.1. The molecule has 10 rings (SSSR count). The second-order valence-electron chi connectivity index (χ2n) is 24.7. The van der Waals surface area contributed by atoms with Crippen LogP contribution < -0.4 is 33.1 Å². The molecule has 0 fully saturated rings. The van der Waals surface area contributed by atoms with Crippen LogP contribution in [-0.4, -0.2) is 124 Å². The van der Waals surface area contributed by atoms with Gasteiger partial charge in [-0.2, -0.15) is 0 Å². The lowest BCUT2D eigenvalue weighted by atomic mass is 10.1. The van der Waals surface area contributed by atoms with E-state index in [1.165, 1.54) is 39.4 Å². The molecule has 0 saturated heterocycles. The number of nitrogens with zero attached hydrogens (tertiary/aromatic N) is 15. The quantitative estimate of drug-likeness (QED) is 0.0196. The first-order valence-corrected chi connectivity index (χ1v) is 34.7. The van der Waals surface area contributed by atoms with E-state index in [9.17, 15) is 34.5 Å². The standard InChI is InChI=1S/C25H26N5OS.2C23H31N5S.2BF4/c1-19-10-13-29(14-11-19)15-16-30(21-4-7-23(31-3)8-5-21)22-6-9-24(20(2)18-22)27-28-25-26-12-17-32-25;2*1-6-27(16-17-28(3,4)5)21-14-12-20(13-15-21)24-25-23-26(2)22(18-29-23)19-10-8-7-9-11-19;2*2-1(3,4)5/h4-14,17-18H,15-16H2,1-3H3;2*7-15,18H,6,16-17H2,1-5H3;;/q+1;2*+2;2*-1. The molecular weight excluding hydrogens is 1350 g/mol. The van der Waals surface area contributed by atoms with Gasteiger partial charge in [-0.1, -0.05) is 60.7 Å². The summed E-state index contributed by atoms with van der Waals surface area (Å²) < 4.78 is 91.6. The number of azo groups is 3. The van der Waals surface area contributed by atoms with Crippen molar-refractivity contribution in [2.24, 2.45) is 44.8 Å². The maximum absolute atomic E-state index is 9.75. The normalized spacial score (nSPS) is 11.7. The van der Waals surface area contributed by atoms with E-state index in [1.807, 2.05) is 74.1 Å². The molecule has 0 aliphatic heterocycles. The predicted molar refractivity (Wildman–Crippen MR) is 394 cm³/mol. The van der Waals surface area contributed by atoms with Gasteiger partial charge in [0.2, 0.25) is 5.13 Å². The molecule has 16 nitrogen and oxygen atoms in total. The van der Waals surface area contributed by atoms with Crippen molar-refractivity contribution in [1.82, 2.24) is 4.98 Å². The van der Waals surface area contributed by atoms with E-state index in [0.717, 1.165) is 123 Å². The van der Waals surface area contributed by atoms with Gasteiger partial charge in [0.15, 0.2) is 18.9 Å². The lowest BCUT2D eigenvalue weighted by Crippen LogP contribution is -2.42. The van der Waals surface area contributed by atoms with Gasteiger partial charge in [0.25, 0.3) is 0 Å². The predicted octanol–water partition coefficient (Wildman–Crippen LogP) is 19.3.